The fourth-order valence-corrected chi connectivity index (χ4v) is 2.41. The van der Waals surface area contributed by atoms with Crippen LogP contribution in [0.3, 0.4) is 0 Å². The van der Waals surface area contributed by atoms with Crippen LogP contribution in [0, 0.1) is 0 Å². The Bertz CT molecular complexity index is 242. The normalized spacial score (nSPS) is 19.0. The zero-order valence-corrected chi connectivity index (χ0v) is 13.3. The molecule has 0 radical (unpaired) electrons. The molecule has 6 heteroatoms. The van der Waals surface area contributed by atoms with Gasteiger partial charge in [-0.3, -0.25) is 0 Å². The van der Waals surface area contributed by atoms with E-state index in [0.717, 1.165) is 19.3 Å². The predicted molar refractivity (Wildman–Crippen MR) is 82.0 cm³/mol. The maximum atomic E-state index is 10.1. The molecule has 0 heterocycles. The van der Waals surface area contributed by atoms with E-state index in [1.165, 1.54) is 19.3 Å². The quantitative estimate of drug-likeness (QED) is 0.262. The second-order valence-electron chi connectivity index (χ2n) is 5.67. The lowest BCUT2D eigenvalue weighted by atomic mass is 9.94. The number of aliphatic hydroxyl groups is 5. The minimum absolute atomic E-state index is 0.355. The Morgan fingerprint density at radius 2 is 1.38 bits per heavy atom. The predicted octanol–water partition coefficient (Wildman–Crippen LogP) is -0.239. The van der Waals surface area contributed by atoms with E-state index in [2.05, 4.69) is 12.2 Å². The summed E-state index contributed by atoms with van der Waals surface area (Å²) in [7, 11) is 1.69. The zero-order valence-electron chi connectivity index (χ0n) is 13.3. The third-order valence-electron chi connectivity index (χ3n) is 3.93. The summed E-state index contributed by atoms with van der Waals surface area (Å²) < 4.78 is 0. The number of hydrogen-bond donors (Lipinski definition) is 6. The van der Waals surface area contributed by atoms with Crippen LogP contribution >= 0.6 is 0 Å². The lowest BCUT2D eigenvalue weighted by Crippen LogP contribution is -2.53. The summed E-state index contributed by atoms with van der Waals surface area (Å²) in [5.74, 6) is 0. The van der Waals surface area contributed by atoms with Crippen LogP contribution in [0.5, 0.6) is 0 Å². The fraction of sp³-hybridized carbons (Fsp3) is 1.00. The van der Waals surface area contributed by atoms with Crippen molar-refractivity contribution in [1.82, 2.24) is 5.32 Å². The average Bonchev–Trinajstić information content (AvgIpc) is 2.51. The highest BCUT2D eigenvalue weighted by Crippen LogP contribution is 2.14. The van der Waals surface area contributed by atoms with E-state index in [9.17, 15) is 20.4 Å². The molecule has 0 aromatic carbocycles. The third-order valence-corrected chi connectivity index (χ3v) is 3.93. The summed E-state index contributed by atoms with van der Waals surface area (Å²) in [5.41, 5.74) is 0. The topological polar surface area (TPSA) is 113 Å². The Hall–Kier alpha value is -0.240. The Morgan fingerprint density at radius 1 is 0.810 bits per heavy atom. The van der Waals surface area contributed by atoms with Gasteiger partial charge in [0.25, 0.3) is 0 Å². The van der Waals surface area contributed by atoms with Crippen LogP contribution in [-0.4, -0.2) is 69.6 Å². The molecule has 0 aromatic rings. The lowest BCUT2D eigenvalue weighted by molar-refractivity contribution is -0.122. The molecule has 1 unspecified atom stereocenters. The van der Waals surface area contributed by atoms with Gasteiger partial charge in [0.2, 0.25) is 0 Å². The van der Waals surface area contributed by atoms with Gasteiger partial charge in [0.1, 0.15) is 18.3 Å². The maximum Gasteiger partial charge on any atom is 0.111 e. The van der Waals surface area contributed by atoms with Crippen molar-refractivity contribution in [3.8, 4) is 0 Å². The van der Waals surface area contributed by atoms with Crippen molar-refractivity contribution in [3.63, 3.8) is 0 Å². The molecular weight excluding hydrogens is 274 g/mol. The molecule has 6 nitrogen and oxygen atoms in total. The SMILES string of the molecule is CCCCCCCCC(NC)[C@H](O)[C@@H](O)[C@H](O)[C@H](O)CO. The molecule has 128 valence electrons. The highest BCUT2D eigenvalue weighted by atomic mass is 16.4. The second-order valence-corrected chi connectivity index (χ2v) is 5.67. The molecule has 0 bridgehead atoms. The second kappa shape index (κ2) is 12.3. The summed E-state index contributed by atoms with van der Waals surface area (Å²) in [5, 5.41) is 50.5. The molecule has 0 rings (SSSR count). The first-order chi connectivity index (χ1) is 9.99. The first-order valence-electron chi connectivity index (χ1n) is 7.99. The largest absolute Gasteiger partial charge is 0.394 e. The smallest absolute Gasteiger partial charge is 0.111 e. The van der Waals surface area contributed by atoms with E-state index >= 15 is 0 Å². The van der Waals surface area contributed by atoms with Crippen molar-refractivity contribution < 1.29 is 25.5 Å². The van der Waals surface area contributed by atoms with Gasteiger partial charge in [-0.15, -0.1) is 0 Å². The van der Waals surface area contributed by atoms with Gasteiger partial charge in [-0.25, -0.2) is 0 Å². The number of nitrogens with one attached hydrogen (secondary N) is 1. The standard InChI is InChI=1S/C15H33NO5/c1-3-4-5-6-7-8-9-11(16-2)13(19)15(21)14(20)12(18)10-17/h11-21H,3-10H2,1-2H3/t11?,12-,13+,14-,15-/m1/s1. The van der Waals surface area contributed by atoms with Gasteiger partial charge in [-0.2, -0.15) is 0 Å². The van der Waals surface area contributed by atoms with E-state index in [0.29, 0.717) is 6.42 Å². The lowest BCUT2D eigenvalue weighted by Gasteiger charge is -2.30. The van der Waals surface area contributed by atoms with Crippen molar-refractivity contribution in [2.24, 2.45) is 0 Å². The molecule has 21 heavy (non-hydrogen) atoms. The molecule has 0 saturated carbocycles. The average molecular weight is 307 g/mol. The summed E-state index contributed by atoms with van der Waals surface area (Å²) in [6.45, 7) is 1.51. The van der Waals surface area contributed by atoms with E-state index in [1.54, 1.807) is 7.05 Å². The summed E-state index contributed by atoms with van der Waals surface area (Å²) in [6.07, 6.45) is 1.79. The van der Waals surface area contributed by atoms with Gasteiger partial charge in [0, 0.05) is 6.04 Å². The minimum atomic E-state index is -1.56. The summed E-state index contributed by atoms with van der Waals surface area (Å²) >= 11 is 0. The Kier molecular flexibility index (Phi) is 12.2. The molecule has 0 aliphatic carbocycles. The Balaban J connectivity index is 4.13. The van der Waals surface area contributed by atoms with Crippen molar-refractivity contribution >= 4 is 0 Å². The molecule has 0 amide bonds. The monoisotopic (exact) mass is 307 g/mol. The number of unbranched alkanes of at least 4 members (excludes halogenated alkanes) is 5. The Labute approximate surface area is 127 Å². The number of rotatable bonds is 13. The highest BCUT2D eigenvalue weighted by molar-refractivity contribution is 4.87. The van der Waals surface area contributed by atoms with Crippen molar-refractivity contribution in [2.75, 3.05) is 13.7 Å². The van der Waals surface area contributed by atoms with Crippen LogP contribution in [0.4, 0.5) is 0 Å². The summed E-state index contributed by atoms with van der Waals surface area (Å²) in [6, 6.07) is -0.355. The number of likely N-dealkylation sites (N-methyl/N-ethyl adjacent to an activating group) is 1. The van der Waals surface area contributed by atoms with Gasteiger partial charge in [-0.1, -0.05) is 45.4 Å². The van der Waals surface area contributed by atoms with E-state index < -0.39 is 31.0 Å². The molecule has 5 atom stereocenters. The molecular formula is C15H33NO5. The van der Waals surface area contributed by atoms with Gasteiger partial charge < -0.3 is 30.8 Å². The zero-order chi connectivity index (χ0) is 16.3. The summed E-state index contributed by atoms with van der Waals surface area (Å²) in [4.78, 5) is 0. The fourth-order valence-electron chi connectivity index (χ4n) is 2.41. The first-order valence-corrected chi connectivity index (χ1v) is 7.99. The van der Waals surface area contributed by atoms with E-state index in [-0.39, 0.29) is 6.04 Å². The molecule has 0 aliphatic heterocycles. The van der Waals surface area contributed by atoms with Crippen molar-refractivity contribution in [2.45, 2.75) is 82.3 Å². The van der Waals surface area contributed by atoms with Gasteiger partial charge in [-0.05, 0) is 13.5 Å². The highest BCUT2D eigenvalue weighted by Gasteiger charge is 2.33. The van der Waals surface area contributed by atoms with Crippen LogP contribution in [0.25, 0.3) is 0 Å². The van der Waals surface area contributed by atoms with E-state index in [4.69, 9.17) is 5.11 Å². The van der Waals surface area contributed by atoms with Gasteiger partial charge >= 0.3 is 0 Å². The first kappa shape index (κ1) is 20.8. The maximum absolute atomic E-state index is 10.1. The van der Waals surface area contributed by atoms with Crippen molar-refractivity contribution in [1.29, 1.82) is 0 Å². The molecule has 0 fully saturated rings. The third kappa shape index (κ3) is 8.09. The van der Waals surface area contributed by atoms with Crippen LogP contribution in [0.1, 0.15) is 51.9 Å². The number of hydrogen-bond acceptors (Lipinski definition) is 6. The molecule has 6 N–H and O–H groups in total. The molecule has 0 aliphatic rings. The van der Waals surface area contributed by atoms with Crippen LogP contribution in [0.2, 0.25) is 0 Å². The Morgan fingerprint density at radius 3 is 1.90 bits per heavy atom. The van der Waals surface area contributed by atoms with Crippen molar-refractivity contribution in [3.05, 3.63) is 0 Å². The molecule has 0 saturated heterocycles. The van der Waals surface area contributed by atoms with Gasteiger partial charge in [0.05, 0.1) is 12.7 Å². The minimum Gasteiger partial charge on any atom is -0.394 e. The van der Waals surface area contributed by atoms with Crippen LogP contribution in [-0.2, 0) is 0 Å². The van der Waals surface area contributed by atoms with Gasteiger partial charge in [0.15, 0.2) is 0 Å². The van der Waals surface area contributed by atoms with E-state index in [1.807, 2.05) is 0 Å². The molecule has 0 spiro atoms. The van der Waals surface area contributed by atoms with Crippen LogP contribution < -0.4 is 5.32 Å². The number of aliphatic hydroxyl groups excluding tert-OH is 5. The van der Waals surface area contributed by atoms with Crippen LogP contribution in [0.15, 0.2) is 0 Å². The molecule has 0 aromatic heterocycles.